The van der Waals surface area contributed by atoms with Gasteiger partial charge in [-0.25, -0.2) is 9.98 Å². The lowest BCUT2D eigenvalue weighted by Gasteiger charge is -2.04. The number of hydrogen-bond acceptors (Lipinski definition) is 5. The first-order valence-electron chi connectivity index (χ1n) is 9.47. The Labute approximate surface area is 176 Å². The maximum atomic E-state index is 11.2. The van der Waals surface area contributed by atoms with Crippen LogP contribution in [0, 0.1) is 0 Å². The van der Waals surface area contributed by atoms with Crippen LogP contribution in [0.5, 0.6) is 0 Å². The number of carbonyl (C=O) groups is 1. The van der Waals surface area contributed by atoms with E-state index in [9.17, 15) is 4.79 Å². The predicted octanol–water partition coefficient (Wildman–Crippen LogP) is 5.90. The van der Waals surface area contributed by atoms with Crippen LogP contribution in [0.4, 0.5) is 11.4 Å². The van der Waals surface area contributed by atoms with Crippen LogP contribution in [0.3, 0.4) is 0 Å². The van der Waals surface area contributed by atoms with E-state index >= 15 is 0 Å². The van der Waals surface area contributed by atoms with Gasteiger partial charge in [-0.2, -0.15) is 0 Å². The van der Waals surface area contributed by atoms with E-state index in [1.165, 1.54) is 6.92 Å². The highest BCUT2D eigenvalue weighted by atomic mass is 32.1. The van der Waals surface area contributed by atoms with Crippen molar-refractivity contribution < 1.29 is 9.21 Å². The first-order valence-corrected chi connectivity index (χ1v) is 10.3. The number of fused-ring (bicyclic) bond motifs is 2. The SMILES string of the molecule is CC(=O)Nc1ccc(N=c2oc3ccccc3cc2-c2nc3ccccc3s2)cc1. The van der Waals surface area contributed by atoms with Crippen LogP contribution < -0.4 is 10.9 Å². The van der Waals surface area contributed by atoms with Crippen LogP contribution in [-0.4, -0.2) is 10.9 Å². The van der Waals surface area contributed by atoms with Gasteiger partial charge in [0, 0.05) is 18.0 Å². The fraction of sp³-hybridized carbons (Fsp3) is 0.0417. The molecule has 30 heavy (non-hydrogen) atoms. The van der Waals surface area contributed by atoms with Crippen LogP contribution in [0.1, 0.15) is 6.92 Å². The van der Waals surface area contributed by atoms with E-state index in [4.69, 9.17) is 14.4 Å². The van der Waals surface area contributed by atoms with E-state index in [0.717, 1.165) is 43.1 Å². The molecule has 0 saturated carbocycles. The molecule has 0 fully saturated rings. The number of para-hydroxylation sites is 2. The second-order valence-electron chi connectivity index (χ2n) is 6.83. The lowest BCUT2D eigenvalue weighted by molar-refractivity contribution is -0.114. The fourth-order valence-corrected chi connectivity index (χ4v) is 4.21. The summed E-state index contributed by atoms with van der Waals surface area (Å²) in [7, 11) is 0. The molecule has 1 amide bonds. The monoisotopic (exact) mass is 411 g/mol. The van der Waals surface area contributed by atoms with Crippen LogP contribution in [0.15, 0.2) is 88.3 Å². The summed E-state index contributed by atoms with van der Waals surface area (Å²) in [6.45, 7) is 1.48. The number of amides is 1. The predicted molar refractivity (Wildman–Crippen MR) is 121 cm³/mol. The number of thiazole rings is 1. The number of rotatable bonds is 3. The lowest BCUT2D eigenvalue weighted by Crippen LogP contribution is -2.06. The molecule has 1 N–H and O–H groups in total. The summed E-state index contributed by atoms with van der Waals surface area (Å²) in [6.07, 6.45) is 0. The fourth-order valence-electron chi connectivity index (χ4n) is 3.23. The van der Waals surface area contributed by atoms with Gasteiger partial charge in [-0.3, -0.25) is 4.79 Å². The molecule has 0 bridgehead atoms. The molecule has 0 saturated heterocycles. The summed E-state index contributed by atoms with van der Waals surface area (Å²) in [5, 5.41) is 4.61. The summed E-state index contributed by atoms with van der Waals surface area (Å²) in [5.74, 6) is -0.109. The Hall–Kier alpha value is -3.77. The first-order chi connectivity index (χ1) is 14.7. The number of nitrogens with one attached hydrogen (secondary N) is 1. The average Bonchev–Trinajstić information content (AvgIpc) is 3.18. The van der Waals surface area contributed by atoms with Gasteiger partial charge in [-0.15, -0.1) is 11.3 Å². The Kier molecular flexibility index (Phi) is 4.61. The molecule has 0 aliphatic rings. The number of benzene rings is 3. The molecule has 2 heterocycles. The summed E-state index contributed by atoms with van der Waals surface area (Å²) >= 11 is 1.61. The molecule has 0 spiro atoms. The van der Waals surface area contributed by atoms with E-state index in [-0.39, 0.29) is 5.91 Å². The van der Waals surface area contributed by atoms with Crippen molar-refractivity contribution in [1.29, 1.82) is 0 Å². The van der Waals surface area contributed by atoms with Crippen molar-refractivity contribution in [3.63, 3.8) is 0 Å². The van der Waals surface area contributed by atoms with E-state index in [2.05, 4.69) is 17.4 Å². The van der Waals surface area contributed by atoms with Crippen molar-refractivity contribution in [2.24, 2.45) is 4.99 Å². The standard InChI is InChI=1S/C24H17N3O2S/c1-15(28)25-17-10-12-18(13-11-17)26-23-19(14-16-6-2-4-8-21(16)29-23)24-27-20-7-3-5-9-22(20)30-24/h2-14H,1H3,(H,25,28). The normalized spacial score (nSPS) is 11.8. The zero-order chi connectivity index (χ0) is 20.5. The Morgan fingerprint density at radius 3 is 2.57 bits per heavy atom. The van der Waals surface area contributed by atoms with E-state index < -0.39 is 0 Å². The number of carbonyl (C=O) groups excluding carboxylic acids is 1. The second-order valence-corrected chi connectivity index (χ2v) is 7.86. The third-order valence-corrected chi connectivity index (χ3v) is 5.67. The third-order valence-electron chi connectivity index (χ3n) is 4.60. The van der Waals surface area contributed by atoms with Crippen molar-refractivity contribution in [2.45, 2.75) is 6.92 Å². The smallest absolute Gasteiger partial charge is 0.230 e. The zero-order valence-corrected chi connectivity index (χ0v) is 16.9. The first kappa shape index (κ1) is 18.3. The van der Waals surface area contributed by atoms with Gasteiger partial charge < -0.3 is 9.73 Å². The van der Waals surface area contributed by atoms with Crippen molar-refractivity contribution in [2.75, 3.05) is 5.32 Å². The van der Waals surface area contributed by atoms with Crippen molar-refractivity contribution in [3.8, 4) is 10.6 Å². The summed E-state index contributed by atoms with van der Waals surface area (Å²) in [6, 6.07) is 25.3. The third kappa shape index (κ3) is 3.60. The van der Waals surface area contributed by atoms with Gasteiger partial charge in [0.1, 0.15) is 10.6 Å². The number of anilines is 1. The molecule has 0 radical (unpaired) electrons. The number of aromatic nitrogens is 1. The summed E-state index contributed by atoms with van der Waals surface area (Å²) in [4.78, 5) is 20.8. The minimum absolute atomic E-state index is 0.109. The topological polar surface area (TPSA) is 67.5 Å². The van der Waals surface area contributed by atoms with Crippen molar-refractivity contribution in [3.05, 3.63) is 84.4 Å². The van der Waals surface area contributed by atoms with Gasteiger partial charge in [0.15, 0.2) is 0 Å². The van der Waals surface area contributed by atoms with Crippen molar-refractivity contribution in [1.82, 2.24) is 4.98 Å². The molecule has 5 nitrogen and oxygen atoms in total. The highest BCUT2D eigenvalue weighted by molar-refractivity contribution is 7.21. The molecule has 0 atom stereocenters. The molecule has 0 aliphatic carbocycles. The molecular weight excluding hydrogens is 394 g/mol. The van der Waals surface area contributed by atoms with Gasteiger partial charge in [-0.05, 0) is 48.5 Å². The molecule has 146 valence electrons. The van der Waals surface area contributed by atoms with E-state index in [0.29, 0.717) is 5.55 Å². The molecule has 5 rings (SSSR count). The van der Waals surface area contributed by atoms with Crippen LogP contribution in [0.2, 0.25) is 0 Å². The maximum absolute atomic E-state index is 11.2. The largest absolute Gasteiger partial charge is 0.438 e. The van der Waals surface area contributed by atoms with Gasteiger partial charge >= 0.3 is 0 Å². The lowest BCUT2D eigenvalue weighted by atomic mass is 10.2. The highest BCUT2D eigenvalue weighted by Crippen LogP contribution is 2.30. The Morgan fingerprint density at radius 2 is 1.77 bits per heavy atom. The minimum atomic E-state index is -0.109. The molecule has 3 aromatic carbocycles. The summed E-state index contributed by atoms with van der Waals surface area (Å²) < 4.78 is 7.29. The Bertz CT molecular complexity index is 1420. The molecule has 2 aromatic heterocycles. The number of hydrogen-bond donors (Lipinski definition) is 1. The molecule has 5 aromatic rings. The Balaban J connectivity index is 1.69. The molecule has 6 heteroatoms. The molecule has 0 aliphatic heterocycles. The Morgan fingerprint density at radius 1 is 1.00 bits per heavy atom. The second kappa shape index (κ2) is 7.57. The van der Waals surface area contributed by atoms with Crippen LogP contribution >= 0.6 is 11.3 Å². The maximum Gasteiger partial charge on any atom is 0.230 e. The summed E-state index contributed by atoms with van der Waals surface area (Å²) in [5.41, 5.74) is 4.52. The average molecular weight is 411 g/mol. The van der Waals surface area contributed by atoms with Gasteiger partial charge in [0.2, 0.25) is 11.5 Å². The molecule has 0 unspecified atom stereocenters. The zero-order valence-electron chi connectivity index (χ0n) is 16.1. The van der Waals surface area contributed by atoms with Gasteiger partial charge in [0.25, 0.3) is 0 Å². The quantitative estimate of drug-likeness (QED) is 0.402. The number of nitrogens with zero attached hydrogens (tertiary/aromatic N) is 2. The van der Waals surface area contributed by atoms with E-state index in [1.807, 2.05) is 66.7 Å². The van der Waals surface area contributed by atoms with Crippen LogP contribution in [0.25, 0.3) is 31.8 Å². The highest BCUT2D eigenvalue weighted by Gasteiger charge is 2.12. The van der Waals surface area contributed by atoms with Gasteiger partial charge in [0.05, 0.1) is 21.5 Å². The molecular formula is C24H17N3O2S. The van der Waals surface area contributed by atoms with Crippen molar-refractivity contribution >= 4 is 49.8 Å². The van der Waals surface area contributed by atoms with E-state index in [1.54, 1.807) is 11.3 Å². The van der Waals surface area contributed by atoms with Crippen LogP contribution in [-0.2, 0) is 4.79 Å². The minimum Gasteiger partial charge on any atom is -0.438 e. The van der Waals surface area contributed by atoms with Gasteiger partial charge in [-0.1, -0.05) is 30.3 Å².